The van der Waals surface area contributed by atoms with Gasteiger partial charge in [-0.3, -0.25) is 4.68 Å². The molecule has 0 fully saturated rings. The minimum absolute atomic E-state index is 0.301. The fourth-order valence-electron chi connectivity index (χ4n) is 2.08. The number of nitrogens with one attached hydrogen (secondary N) is 1. The second-order valence-corrected chi connectivity index (χ2v) is 4.64. The molecule has 0 saturated carbocycles. The Labute approximate surface area is 104 Å². The minimum atomic E-state index is 0.301. The largest absolute Gasteiger partial charge is 0.396 e. The van der Waals surface area contributed by atoms with Crippen LogP contribution in [0, 0.1) is 5.92 Å². The highest BCUT2D eigenvalue weighted by Gasteiger charge is 2.06. The molecule has 0 aromatic carbocycles. The molecule has 0 amide bonds. The first-order valence-corrected chi connectivity index (χ1v) is 6.55. The summed E-state index contributed by atoms with van der Waals surface area (Å²) in [6, 6.07) is 0. The summed E-state index contributed by atoms with van der Waals surface area (Å²) >= 11 is 0. The van der Waals surface area contributed by atoms with Gasteiger partial charge in [0.05, 0.1) is 6.20 Å². The van der Waals surface area contributed by atoms with Gasteiger partial charge in [0.25, 0.3) is 0 Å². The van der Waals surface area contributed by atoms with Crippen LogP contribution >= 0.6 is 0 Å². The van der Waals surface area contributed by atoms with E-state index in [1.54, 1.807) is 0 Å². The molecule has 2 N–H and O–H groups in total. The summed E-state index contributed by atoms with van der Waals surface area (Å²) in [7, 11) is 1.94. The average Bonchev–Trinajstić information content (AvgIpc) is 2.71. The summed E-state index contributed by atoms with van der Waals surface area (Å²) in [5.74, 6) is 0.610. The Morgan fingerprint density at radius 1 is 1.47 bits per heavy atom. The third-order valence-corrected chi connectivity index (χ3v) is 3.02. The second kappa shape index (κ2) is 8.25. The monoisotopic (exact) mass is 239 g/mol. The molecule has 1 aromatic heterocycles. The van der Waals surface area contributed by atoms with Crippen LogP contribution < -0.4 is 5.32 Å². The van der Waals surface area contributed by atoms with E-state index >= 15 is 0 Å². The number of aliphatic hydroxyl groups excluding tert-OH is 1. The van der Waals surface area contributed by atoms with E-state index in [2.05, 4.69) is 23.5 Å². The molecule has 0 bridgehead atoms. The SMILES string of the molecule is CCCC(CCO)CNCCc1cnn(C)c1. The van der Waals surface area contributed by atoms with Gasteiger partial charge in [0, 0.05) is 19.9 Å². The minimum Gasteiger partial charge on any atom is -0.396 e. The lowest BCUT2D eigenvalue weighted by Gasteiger charge is -2.15. The van der Waals surface area contributed by atoms with Crippen LogP contribution in [0.2, 0.25) is 0 Å². The molecule has 0 saturated heterocycles. The van der Waals surface area contributed by atoms with Crippen LogP contribution in [0.5, 0.6) is 0 Å². The molecule has 4 nitrogen and oxygen atoms in total. The quantitative estimate of drug-likeness (QED) is 0.640. The third-order valence-electron chi connectivity index (χ3n) is 3.02. The van der Waals surface area contributed by atoms with E-state index in [9.17, 15) is 0 Å². The molecule has 4 heteroatoms. The van der Waals surface area contributed by atoms with Crippen LogP contribution in [-0.2, 0) is 13.5 Å². The Morgan fingerprint density at radius 2 is 2.29 bits per heavy atom. The van der Waals surface area contributed by atoms with E-state index in [1.807, 2.05) is 17.9 Å². The summed E-state index contributed by atoms with van der Waals surface area (Å²) < 4.78 is 1.83. The Morgan fingerprint density at radius 3 is 2.88 bits per heavy atom. The van der Waals surface area contributed by atoms with Crippen LogP contribution in [0.3, 0.4) is 0 Å². The van der Waals surface area contributed by atoms with Gasteiger partial charge in [-0.2, -0.15) is 5.10 Å². The summed E-state index contributed by atoms with van der Waals surface area (Å²) in [5, 5.41) is 16.6. The van der Waals surface area contributed by atoms with Crippen molar-refractivity contribution < 1.29 is 5.11 Å². The molecule has 1 rings (SSSR count). The smallest absolute Gasteiger partial charge is 0.0522 e. The van der Waals surface area contributed by atoms with E-state index in [0.717, 1.165) is 25.9 Å². The predicted octanol–water partition coefficient (Wildman–Crippen LogP) is 1.35. The molecule has 1 heterocycles. The normalized spacial score (nSPS) is 12.9. The van der Waals surface area contributed by atoms with Gasteiger partial charge in [0.15, 0.2) is 0 Å². The maximum absolute atomic E-state index is 8.96. The fraction of sp³-hybridized carbons (Fsp3) is 0.769. The van der Waals surface area contributed by atoms with E-state index in [0.29, 0.717) is 12.5 Å². The number of hydrogen-bond donors (Lipinski definition) is 2. The van der Waals surface area contributed by atoms with E-state index in [-0.39, 0.29) is 0 Å². The Hall–Kier alpha value is -0.870. The van der Waals surface area contributed by atoms with E-state index in [1.165, 1.54) is 18.4 Å². The van der Waals surface area contributed by atoms with Crippen molar-refractivity contribution in [2.24, 2.45) is 13.0 Å². The maximum Gasteiger partial charge on any atom is 0.0522 e. The Bertz CT molecular complexity index is 293. The van der Waals surface area contributed by atoms with Crippen molar-refractivity contribution in [2.45, 2.75) is 32.6 Å². The zero-order valence-corrected chi connectivity index (χ0v) is 11.0. The lowest BCUT2D eigenvalue weighted by Crippen LogP contribution is -2.25. The summed E-state index contributed by atoms with van der Waals surface area (Å²) in [5.41, 5.74) is 1.27. The van der Waals surface area contributed by atoms with E-state index < -0.39 is 0 Å². The topological polar surface area (TPSA) is 50.1 Å². The highest BCUT2D eigenvalue weighted by atomic mass is 16.3. The highest BCUT2D eigenvalue weighted by molar-refractivity contribution is 5.03. The molecule has 0 aliphatic rings. The van der Waals surface area contributed by atoms with Crippen molar-refractivity contribution in [1.29, 1.82) is 0 Å². The van der Waals surface area contributed by atoms with Gasteiger partial charge in [0.1, 0.15) is 0 Å². The zero-order chi connectivity index (χ0) is 12.5. The Kier molecular flexibility index (Phi) is 6.89. The molecule has 17 heavy (non-hydrogen) atoms. The van der Waals surface area contributed by atoms with Crippen molar-refractivity contribution in [3.63, 3.8) is 0 Å². The van der Waals surface area contributed by atoms with Crippen molar-refractivity contribution >= 4 is 0 Å². The summed E-state index contributed by atoms with van der Waals surface area (Å²) in [4.78, 5) is 0. The third kappa shape index (κ3) is 5.84. The van der Waals surface area contributed by atoms with Crippen LogP contribution in [0.15, 0.2) is 12.4 Å². The molecular weight excluding hydrogens is 214 g/mol. The molecule has 1 aromatic rings. The van der Waals surface area contributed by atoms with Crippen LogP contribution in [-0.4, -0.2) is 34.6 Å². The number of aryl methyl sites for hydroxylation is 1. The first-order chi connectivity index (χ1) is 8.26. The zero-order valence-electron chi connectivity index (χ0n) is 11.0. The summed E-state index contributed by atoms with van der Waals surface area (Å²) in [6.07, 6.45) is 8.28. The average molecular weight is 239 g/mol. The maximum atomic E-state index is 8.96. The highest BCUT2D eigenvalue weighted by Crippen LogP contribution is 2.09. The van der Waals surface area contributed by atoms with Crippen molar-refractivity contribution in [3.05, 3.63) is 18.0 Å². The van der Waals surface area contributed by atoms with Gasteiger partial charge in [-0.25, -0.2) is 0 Å². The molecule has 98 valence electrons. The van der Waals surface area contributed by atoms with Gasteiger partial charge in [-0.1, -0.05) is 13.3 Å². The van der Waals surface area contributed by atoms with Crippen LogP contribution in [0.1, 0.15) is 31.7 Å². The fourth-order valence-corrected chi connectivity index (χ4v) is 2.08. The number of aromatic nitrogens is 2. The predicted molar refractivity (Wildman–Crippen MR) is 69.9 cm³/mol. The molecule has 0 spiro atoms. The van der Waals surface area contributed by atoms with Gasteiger partial charge < -0.3 is 10.4 Å². The number of aliphatic hydroxyl groups is 1. The molecule has 1 unspecified atom stereocenters. The molecule has 0 aliphatic carbocycles. The first-order valence-electron chi connectivity index (χ1n) is 6.55. The number of rotatable bonds is 9. The van der Waals surface area contributed by atoms with E-state index in [4.69, 9.17) is 5.11 Å². The van der Waals surface area contributed by atoms with Gasteiger partial charge in [-0.15, -0.1) is 0 Å². The Balaban J connectivity index is 2.13. The molecule has 0 aliphatic heterocycles. The van der Waals surface area contributed by atoms with Gasteiger partial charge in [0.2, 0.25) is 0 Å². The second-order valence-electron chi connectivity index (χ2n) is 4.64. The van der Waals surface area contributed by atoms with Crippen molar-refractivity contribution in [3.8, 4) is 0 Å². The number of hydrogen-bond acceptors (Lipinski definition) is 3. The van der Waals surface area contributed by atoms with Gasteiger partial charge in [-0.05, 0) is 43.8 Å². The van der Waals surface area contributed by atoms with Crippen molar-refractivity contribution in [2.75, 3.05) is 19.7 Å². The van der Waals surface area contributed by atoms with Crippen LogP contribution in [0.4, 0.5) is 0 Å². The lowest BCUT2D eigenvalue weighted by atomic mass is 10.0. The number of nitrogens with zero attached hydrogens (tertiary/aromatic N) is 2. The molecule has 1 atom stereocenters. The first kappa shape index (κ1) is 14.2. The van der Waals surface area contributed by atoms with Crippen LogP contribution in [0.25, 0.3) is 0 Å². The molecular formula is C13H25N3O. The van der Waals surface area contributed by atoms with Gasteiger partial charge >= 0.3 is 0 Å². The molecule has 0 radical (unpaired) electrons. The standard InChI is InChI=1S/C13H25N3O/c1-3-4-12(6-8-17)9-14-7-5-13-10-15-16(2)11-13/h10-12,14,17H,3-9H2,1-2H3. The summed E-state index contributed by atoms with van der Waals surface area (Å²) in [6.45, 7) is 4.49. The van der Waals surface area contributed by atoms with Crippen molar-refractivity contribution in [1.82, 2.24) is 15.1 Å². The lowest BCUT2D eigenvalue weighted by molar-refractivity contribution is 0.248.